The summed E-state index contributed by atoms with van der Waals surface area (Å²) in [6, 6.07) is 35.8. The van der Waals surface area contributed by atoms with Crippen molar-refractivity contribution in [1.29, 1.82) is 0 Å². The third-order valence-corrected chi connectivity index (χ3v) is 13.3. The zero-order valence-electron chi connectivity index (χ0n) is 39.4. The Labute approximate surface area is 380 Å². The van der Waals surface area contributed by atoms with Gasteiger partial charge in [0.2, 0.25) is 11.4 Å². The van der Waals surface area contributed by atoms with E-state index in [1.165, 1.54) is 146 Å². The van der Waals surface area contributed by atoms with Crippen LogP contribution in [0, 0.1) is 0 Å². The molecule has 1 heterocycles. The molecular weight excluding hydrogens is 783 g/mol. The molecule has 0 unspecified atom stereocenters. The molecule has 0 aliphatic carbocycles. The fourth-order valence-electron chi connectivity index (χ4n) is 8.45. The predicted molar refractivity (Wildman–Crippen MR) is 263 cm³/mol. The standard InChI is InChI=1S/C44H68N2.2C7H7.Ni/c1-7-13-19-20-21-22-28-42-41(27-18-12-6)43(39-31-35(23-14-8-2)29-36(32-39)24-15-9-3)46(45)44(42)40-33-37(25-16-10-4)30-38(34-40)26-17-11-5;2*1-7-5-3-2-4-6-7;/h29-34H,7-28H2,1-6H3;2*2-6H,1H2;. The van der Waals surface area contributed by atoms with Gasteiger partial charge in [-0.15, -0.1) is 0 Å². The van der Waals surface area contributed by atoms with Gasteiger partial charge in [0, 0.05) is 22.3 Å². The summed E-state index contributed by atoms with van der Waals surface area (Å²) >= 11 is 1.78. The second-order valence-electron chi connectivity index (χ2n) is 17.4. The summed E-state index contributed by atoms with van der Waals surface area (Å²) in [5.41, 5.74) is 28.4. The molecule has 5 rings (SSSR count). The Balaban J connectivity index is 0.000000454. The topological polar surface area (TPSA) is 25.3 Å². The van der Waals surface area contributed by atoms with Gasteiger partial charge >= 0.3 is 97.0 Å². The summed E-state index contributed by atoms with van der Waals surface area (Å²) in [4.78, 5) is 0. The van der Waals surface area contributed by atoms with Crippen molar-refractivity contribution in [3.8, 4) is 0 Å². The van der Waals surface area contributed by atoms with Crippen LogP contribution in [0.15, 0.2) is 108 Å². The van der Waals surface area contributed by atoms with Crippen molar-refractivity contribution in [3.05, 3.63) is 158 Å². The zero-order chi connectivity index (χ0) is 43.5. The van der Waals surface area contributed by atoms with E-state index >= 15 is 0 Å². The Bertz CT molecular complexity index is 1810. The minimum absolute atomic E-state index is 1.03. The molecule has 2 nitrogen and oxygen atoms in total. The molecule has 1 aliphatic heterocycles. The first-order valence-electron chi connectivity index (χ1n) is 24.7. The van der Waals surface area contributed by atoms with Crippen LogP contribution in [0.2, 0.25) is 0 Å². The molecule has 0 saturated carbocycles. The van der Waals surface area contributed by atoms with Crippen LogP contribution in [0.5, 0.6) is 0 Å². The number of aryl methyl sites for hydroxylation is 4. The quantitative estimate of drug-likeness (QED) is 0.0309. The van der Waals surface area contributed by atoms with Gasteiger partial charge in [0.1, 0.15) is 0 Å². The molecule has 334 valence electrons. The van der Waals surface area contributed by atoms with Crippen molar-refractivity contribution in [2.45, 2.75) is 194 Å². The van der Waals surface area contributed by atoms with Gasteiger partial charge in [-0.2, -0.15) is 0 Å². The molecule has 3 heteroatoms. The number of rotatable bonds is 28. The molecular formula is C58H82N2Ni. The predicted octanol–water partition coefficient (Wildman–Crippen LogP) is 17.6. The third kappa shape index (κ3) is 17.3. The van der Waals surface area contributed by atoms with Gasteiger partial charge in [0.25, 0.3) is 0 Å². The molecule has 61 heavy (non-hydrogen) atoms. The maximum absolute atomic E-state index is 12.5. The van der Waals surface area contributed by atoms with Crippen LogP contribution in [-0.4, -0.2) is 4.70 Å². The summed E-state index contributed by atoms with van der Waals surface area (Å²) in [5.74, 6) is 0. The summed E-state index contributed by atoms with van der Waals surface area (Å²) in [5, 5.41) is 2.23. The monoisotopic (exact) mass is 865 g/mol. The van der Waals surface area contributed by atoms with Crippen LogP contribution in [0.4, 0.5) is 0 Å². The first-order valence-corrected chi connectivity index (χ1v) is 26.1. The van der Waals surface area contributed by atoms with Crippen LogP contribution in [-0.2, 0) is 50.9 Å². The summed E-state index contributed by atoms with van der Waals surface area (Å²) in [6.07, 6.45) is 26.2. The van der Waals surface area contributed by atoms with E-state index in [0.717, 1.165) is 73.5 Å². The van der Waals surface area contributed by atoms with Gasteiger partial charge in [-0.25, -0.2) is 4.70 Å². The van der Waals surface area contributed by atoms with E-state index in [-0.39, 0.29) is 0 Å². The van der Waals surface area contributed by atoms with Gasteiger partial charge in [-0.05, 0) is 124 Å². The van der Waals surface area contributed by atoms with Crippen LogP contribution in [0.1, 0.15) is 202 Å². The first-order chi connectivity index (χ1) is 30.0. The van der Waals surface area contributed by atoms with Crippen molar-refractivity contribution in [3.63, 3.8) is 0 Å². The van der Waals surface area contributed by atoms with Crippen molar-refractivity contribution in [2.24, 2.45) is 0 Å². The summed E-state index contributed by atoms with van der Waals surface area (Å²) < 4.78 is 1.66. The number of hydrogen-bond donors (Lipinski definition) is 0. The van der Waals surface area contributed by atoms with Crippen LogP contribution < -0.4 is 0 Å². The Morgan fingerprint density at radius 1 is 0.361 bits per heavy atom. The number of nitrogens with zero attached hydrogens (tertiary/aromatic N) is 2. The summed E-state index contributed by atoms with van der Waals surface area (Å²) in [6.45, 7) is 13.7. The van der Waals surface area contributed by atoms with E-state index in [0.29, 0.717) is 0 Å². The Morgan fingerprint density at radius 3 is 1.07 bits per heavy atom. The molecule has 0 radical (unpaired) electrons. The third-order valence-electron chi connectivity index (χ3n) is 12.0. The molecule has 0 bridgehead atoms. The van der Waals surface area contributed by atoms with Crippen LogP contribution >= 0.6 is 0 Å². The fourth-order valence-corrected chi connectivity index (χ4v) is 9.61. The minimum atomic E-state index is 1.03. The zero-order valence-corrected chi connectivity index (χ0v) is 40.4. The van der Waals surface area contributed by atoms with Gasteiger partial charge < -0.3 is 5.53 Å². The van der Waals surface area contributed by atoms with Gasteiger partial charge in [0.05, 0.1) is 0 Å². The van der Waals surface area contributed by atoms with Crippen molar-refractivity contribution in [2.75, 3.05) is 0 Å². The average Bonchev–Trinajstić information content (AvgIpc) is 3.57. The van der Waals surface area contributed by atoms with Gasteiger partial charge in [-0.1, -0.05) is 118 Å². The van der Waals surface area contributed by atoms with E-state index in [1.807, 2.05) is 0 Å². The maximum atomic E-state index is 12.5. The van der Waals surface area contributed by atoms with E-state index in [9.17, 15) is 5.53 Å². The first kappa shape index (κ1) is 50.1. The van der Waals surface area contributed by atoms with Crippen LogP contribution in [0.25, 0.3) is 16.9 Å². The van der Waals surface area contributed by atoms with Crippen molar-refractivity contribution < 1.29 is 19.1 Å². The van der Waals surface area contributed by atoms with E-state index in [2.05, 4.69) is 139 Å². The normalized spacial score (nSPS) is 12.7. The number of unbranched alkanes of at least 4 members (excludes halogenated alkanes) is 10. The summed E-state index contributed by atoms with van der Waals surface area (Å²) in [7, 11) is 0. The second kappa shape index (κ2) is 29.7. The van der Waals surface area contributed by atoms with E-state index in [1.54, 1.807) is 19.1 Å². The van der Waals surface area contributed by atoms with E-state index < -0.39 is 0 Å². The molecule has 4 aromatic rings. The molecule has 0 saturated heterocycles. The van der Waals surface area contributed by atoms with Crippen LogP contribution in [0.3, 0.4) is 0 Å². The average molecular weight is 866 g/mol. The number of allylic oxidation sites excluding steroid dienone is 2. The SMILES string of the molecule is CCCCCCCCC1=C(c2cc(CCCC)cc(CCCC)c2)[N+](=[N-])C(c2cc(CCCC)cc(CCCC)c2)=C1CCCC.c1ccc([CH2][Ni][CH2]c2ccccc2)cc1. The second-order valence-corrected chi connectivity index (χ2v) is 18.6. The molecule has 0 N–H and O–H groups in total. The van der Waals surface area contributed by atoms with Crippen molar-refractivity contribution in [1.82, 2.24) is 0 Å². The molecule has 4 aromatic carbocycles. The van der Waals surface area contributed by atoms with Crippen molar-refractivity contribution >= 4 is 11.4 Å². The molecule has 0 amide bonds. The molecule has 0 fully saturated rings. The number of benzene rings is 4. The Hall–Kier alpha value is -3.55. The van der Waals surface area contributed by atoms with Gasteiger partial charge in [-0.3, -0.25) is 0 Å². The fraction of sp³-hybridized carbons (Fsp3) is 0.517. The van der Waals surface area contributed by atoms with Gasteiger partial charge in [0.15, 0.2) is 0 Å². The number of hydrogen-bond acceptors (Lipinski definition) is 0. The Kier molecular flexibility index (Phi) is 24.4. The molecule has 1 aliphatic rings. The molecule has 0 spiro atoms. The molecule has 0 atom stereocenters. The molecule has 0 aromatic heterocycles. The van der Waals surface area contributed by atoms with E-state index in [4.69, 9.17) is 0 Å². The Morgan fingerprint density at radius 2 is 0.689 bits per heavy atom.